The monoisotopic (exact) mass is 272 g/mol. The zero-order valence-electron chi connectivity index (χ0n) is 10.8. The Labute approximate surface area is 118 Å². The third-order valence-corrected chi connectivity index (χ3v) is 4.89. The summed E-state index contributed by atoms with van der Waals surface area (Å²) in [6.45, 7) is 1.17. The minimum Gasteiger partial charge on any atom is -0.353 e. The van der Waals surface area contributed by atoms with E-state index in [2.05, 4.69) is 35.2 Å². The van der Waals surface area contributed by atoms with E-state index in [-0.39, 0.29) is 0 Å². The lowest BCUT2D eigenvalue weighted by atomic mass is 10.1. The van der Waals surface area contributed by atoms with Crippen molar-refractivity contribution in [2.24, 2.45) is 5.92 Å². The standard InChI is InChI=1S/C16H17ClN2/c17-9-13-8-12-3-1-2-4-15(12)18-16(13)19-10-11-5-6-14(19)7-11/h1-4,8,11,14H,5-7,9-10H2. The van der Waals surface area contributed by atoms with E-state index in [0.717, 1.165) is 17.3 Å². The first-order chi connectivity index (χ1) is 9.35. The number of hydrogen-bond donors (Lipinski definition) is 0. The van der Waals surface area contributed by atoms with Gasteiger partial charge in [-0.25, -0.2) is 4.98 Å². The highest BCUT2D eigenvalue weighted by molar-refractivity contribution is 6.17. The number of fused-ring (bicyclic) bond motifs is 3. The molecule has 98 valence electrons. The van der Waals surface area contributed by atoms with Gasteiger partial charge in [0, 0.05) is 23.5 Å². The number of nitrogens with zero attached hydrogens (tertiary/aromatic N) is 2. The van der Waals surface area contributed by atoms with Gasteiger partial charge in [0.15, 0.2) is 0 Å². The fourth-order valence-electron chi connectivity index (χ4n) is 3.68. The smallest absolute Gasteiger partial charge is 0.133 e. The molecule has 0 N–H and O–H groups in total. The molecule has 2 bridgehead atoms. The summed E-state index contributed by atoms with van der Waals surface area (Å²) in [5.41, 5.74) is 2.25. The van der Waals surface area contributed by atoms with Crippen LogP contribution >= 0.6 is 11.6 Å². The maximum atomic E-state index is 6.15. The number of benzene rings is 1. The third kappa shape index (κ3) is 1.81. The Balaban J connectivity index is 1.83. The van der Waals surface area contributed by atoms with Crippen molar-refractivity contribution in [2.45, 2.75) is 31.2 Å². The molecule has 1 saturated heterocycles. The predicted molar refractivity (Wildman–Crippen MR) is 79.8 cm³/mol. The molecule has 3 heteroatoms. The van der Waals surface area contributed by atoms with Gasteiger partial charge < -0.3 is 4.90 Å². The lowest BCUT2D eigenvalue weighted by molar-refractivity contribution is 0.550. The van der Waals surface area contributed by atoms with Gasteiger partial charge in [0.25, 0.3) is 0 Å². The second-order valence-corrected chi connectivity index (χ2v) is 6.05. The van der Waals surface area contributed by atoms with Crippen LogP contribution in [0.5, 0.6) is 0 Å². The van der Waals surface area contributed by atoms with Crippen molar-refractivity contribution in [2.75, 3.05) is 11.4 Å². The van der Waals surface area contributed by atoms with Gasteiger partial charge in [-0.15, -0.1) is 11.6 Å². The van der Waals surface area contributed by atoms with Crippen LogP contribution in [0.3, 0.4) is 0 Å². The molecule has 1 saturated carbocycles. The van der Waals surface area contributed by atoms with E-state index in [4.69, 9.17) is 16.6 Å². The molecule has 1 aliphatic heterocycles. The van der Waals surface area contributed by atoms with Crippen molar-refractivity contribution in [3.63, 3.8) is 0 Å². The van der Waals surface area contributed by atoms with E-state index in [9.17, 15) is 0 Å². The van der Waals surface area contributed by atoms with E-state index in [0.29, 0.717) is 11.9 Å². The third-order valence-electron chi connectivity index (χ3n) is 4.61. The Morgan fingerprint density at radius 2 is 2.16 bits per heavy atom. The molecule has 1 aromatic heterocycles. The minimum absolute atomic E-state index is 0.543. The first-order valence-corrected chi connectivity index (χ1v) is 7.60. The van der Waals surface area contributed by atoms with Crippen LogP contribution in [0.2, 0.25) is 0 Å². The van der Waals surface area contributed by atoms with E-state index < -0.39 is 0 Å². The Morgan fingerprint density at radius 3 is 2.89 bits per heavy atom. The summed E-state index contributed by atoms with van der Waals surface area (Å²) >= 11 is 6.15. The number of para-hydroxylation sites is 1. The molecule has 2 atom stereocenters. The van der Waals surface area contributed by atoms with Gasteiger partial charge in [-0.3, -0.25) is 0 Å². The Morgan fingerprint density at radius 1 is 1.26 bits per heavy atom. The molecule has 2 unspecified atom stereocenters. The molecule has 1 aromatic carbocycles. The summed E-state index contributed by atoms with van der Waals surface area (Å²) in [4.78, 5) is 7.39. The minimum atomic E-state index is 0.543. The summed E-state index contributed by atoms with van der Waals surface area (Å²) in [5, 5.41) is 1.19. The van der Waals surface area contributed by atoms with Crippen LogP contribution in [-0.4, -0.2) is 17.6 Å². The van der Waals surface area contributed by atoms with Crippen LogP contribution < -0.4 is 4.90 Å². The maximum absolute atomic E-state index is 6.15. The summed E-state index contributed by atoms with van der Waals surface area (Å²) < 4.78 is 0. The maximum Gasteiger partial charge on any atom is 0.133 e. The molecule has 2 nitrogen and oxygen atoms in total. The van der Waals surface area contributed by atoms with Gasteiger partial charge in [-0.2, -0.15) is 0 Å². The number of hydrogen-bond acceptors (Lipinski definition) is 2. The molecule has 4 rings (SSSR count). The lowest BCUT2D eigenvalue weighted by Gasteiger charge is -2.29. The van der Waals surface area contributed by atoms with E-state index in [1.165, 1.54) is 36.8 Å². The largest absolute Gasteiger partial charge is 0.353 e. The van der Waals surface area contributed by atoms with E-state index in [1.54, 1.807) is 0 Å². The van der Waals surface area contributed by atoms with Gasteiger partial charge in [0.1, 0.15) is 5.82 Å². The summed E-state index contributed by atoms with van der Waals surface area (Å²) in [7, 11) is 0. The first kappa shape index (κ1) is 11.5. The summed E-state index contributed by atoms with van der Waals surface area (Å²) in [6.07, 6.45) is 4.06. The predicted octanol–water partition coefficient (Wildman–Crippen LogP) is 3.96. The number of rotatable bonds is 2. The van der Waals surface area contributed by atoms with Crippen LogP contribution in [0.25, 0.3) is 10.9 Å². The summed E-state index contributed by atoms with van der Waals surface area (Å²) in [6, 6.07) is 11.2. The van der Waals surface area contributed by atoms with E-state index >= 15 is 0 Å². The molecular weight excluding hydrogens is 256 g/mol. The normalized spacial score (nSPS) is 25.4. The van der Waals surface area contributed by atoms with E-state index in [1.807, 2.05) is 0 Å². The van der Waals surface area contributed by atoms with Crippen molar-refractivity contribution in [3.8, 4) is 0 Å². The highest BCUT2D eigenvalue weighted by Crippen LogP contribution is 2.41. The second kappa shape index (κ2) is 4.38. The fraction of sp³-hybridized carbons (Fsp3) is 0.438. The summed E-state index contributed by atoms with van der Waals surface area (Å²) in [5.74, 6) is 2.54. The van der Waals surface area contributed by atoms with Gasteiger partial charge in [0.05, 0.1) is 11.4 Å². The average Bonchev–Trinajstić information content (AvgIpc) is 3.08. The Kier molecular flexibility index (Phi) is 2.66. The number of piperidine rings is 1. The number of aromatic nitrogens is 1. The highest BCUT2D eigenvalue weighted by atomic mass is 35.5. The molecule has 0 spiro atoms. The van der Waals surface area contributed by atoms with Crippen LogP contribution in [0.4, 0.5) is 5.82 Å². The highest BCUT2D eigenvalue weighted by Gasteiger charge is 2.39. The molecule has 2 aliphatic rings. The van der Waals surface area contributed by atoms with Crippen LogP contribution in [0, 0.1) is 5.92 Å². The van der Waals surface area contributed by atoms with Crippen molar-refractivity contribution >= 4 is 28.3 Å². The van der Waals surface area contributed by atoms with Crippen molar-refractivity contribution in [3.05, 3.63) is 35.9 Å². The topological polar surface area (TPSA) is 16.1 Å². The number of anilines is 1. The van der Waals surface area contributed by atoms with Crippen LogP contribution in [0.15, 0.2) is 30.3 Å². The van der Waals surface area contributed by atoms with Gasteiger partial charge in [-0.1, -0.05) is 18.2 Å². The molecule has 2 heterocycles. The second-order valence-electron chi connectivity index (χ2n) is 5.78. The first-order valence-electron chi connectivity index (χ1n) is 7.06. The average molecular weight is 273 g/mol. The molecule has 1 aliphatic carbocycles. The number of alkyl halides is 1. The zero-order chi connectivity index (χ0) is 12.8. The fourth-order valence-corrected chi connectivity index (χ4v) is 3.88. The SMILES string of the molecule is ClCc1cc2ccccc2nc1N1CC2CCC1C2. The Hall–Kier alpha value is -1.28. The van der Waals surface area contributed by atoms with Crippen molar-refractivity contribution in [1.29, 1.82) is 0 Å². The van der Waals surface area contributed by atoms with Gasteiger partial charge >= 0.3 is 0 Å². The zero-order valence-corrected chi connectivity index (χ0v) is 11.6. The van der Waals surface area contributed by atoms with Gasteiger partial charge in [0.2, 0.25) is 0 Å². The lowest BCUT2D eigenvalue weighted by Crippen LogP contribution is -2.33. The number of pyridine rings is 1. The molecule has 2 aromatic rings. The molecule has 0 radical (unpaired) electrons. The van der Waals surface area contributed by atoms with Crippen molar-refractivity contribution < 1.29 is 0 Å². The molecule has 19 heavy (non-hydrogen) atoms. The van der Waals surface area contributed by atoms with Gasteiger partial charge in [-0.05, 0) is 37.3 Å². The van der Waals surface area contributed by atoms with Crippen LogP contribution in [0.1, 0.15) is 24.8 Å². The quantitative estimate of drug-likeness (QED) is 0.769. The molecule has 0 amide bonds. The number of halogens is 1. The Bertz CT molecular complexity index is 625. The van der Waals surface area contributed by atoms with Crippen LogP contribution in [-0.2, 0) is 5.88 Å². The van der Waals surface area contributed by atoms with Crippen molar-refractivity contribution in [1.82, 2.24) is 4.98 Å². The molecular formula is C16H17ClN2. The molecule has 2 fully saturated rings.